The summed E-state index contributed by atoms with van der Waals surface area (Å²) in [5, 5.41) is 1.16. The fourth-order valence-electron chi connectivity index (χ4n) is 1.73. The first kappa shape index (κ1) is 11.1. The smallest absolute Gasteiger partial charge is 0.106 e. The molecule has 0 amide bonds. The Hall–Kier alpha value is -0.350. The molecule has 15 heavy (non-hydrogen) atoms. The highest BCUT2D eigenvalue weighted by Crippen LogP contribution is 2.34. The highest BCUT2D eigenvalue weighted by molar-refractivity contribution is 9.10. The van der Waals surface area contributed by atoms with Crippen LogP contribution in [0.4, 0.5) is 0 Å². The maximum atomic E-state index is 4.72. The van der Waals surface area contributed by atoms with Gasteiger partial charge in [0.05, 0.1) is 10.7 Å². The monoisotopic (exact) mass is 284 g/mol. The predicted molar refractivity (Wildman–Crippen MR) is 69.5 cm³/mol. The third-order valence-electron chi connectivity index (χ3n) is 2.57. The van der Waals surface area contributed by atoms with E-state index in [0.29, 0.717) is 0 Å². The highest BCUT2D eigenvalue weighted by Gasteiger charge is 2.30. The van der Waals surface area contributed by atoms with Gasteiger partial charge in [-0.2, -0.15) is 0 Å². The minimum atomic E-state index is -0.140. The van der Waals surface area contributed by atoms with E-state index in [-0.39, 0.29) is 5.54 Å². The Morgan fingerprint density at radius 3 is 2.93 bits per heavy atom. The van der Waals surface area contributed by atoms with E-state index >= 15 is 0 Å². The number of halogens is 1. The van der Waals surface area contributed by atoms with Crippen LogP contribution in [0.5, 0.6) is 0 Å². The molecule has 0 saturated carbocycles. The molecule has 2 nitrogen and oxygen atoms in total. The molecule has 1 aliphatic heterocycles. The summed E-state index contributed by atoms with van der Waals surface area (Å²) in [7, 11) is 0. The molecule has 0 N–H and O–H groups in total. The van der Waals surface area contributed by atoms with E-state index in [1.165, 1.54) is 0 Å². The van der Waals surface area contributed by atoms with Crippen LogP contribution in [0.3, 0.4) is 0 Å². The van der Waals surface area contributed by atoms with Gasteiger partial charge in [-0.1, -0.05) is 6.07 Å². The van der Waals surface area contributed by atoms with Crippen LogP contribution >= 0.6 is 27.7 Å². The van der Waals surface area contributed by atoms with Crippen molar-refractivity contribution in [3.8, 4) is 0 Å². The minimum absolute atomic E-state index is 0.140. The van der Waals surface area contributed by atoms with Crippen LogP contribution in [-0.2, 0) is 5.54 Å². The van der Waals surface area contributed by atoms with Gasteiger partial charge in [-0.3, -0.25) is 4.99 Å². The summed E-state index contributed by atoms with van der Waals surface area (Å²) in [6.07, 6.45) is 1.05. The Morgan fingerprint density at radius 1 is 1.47 bits per heavy atom. The van der Waals surface area contributed by atoms with Gasteiger partial charge in [-0.15, -0.1) is 11.8 Å². The number of pyridine rings is 1. The van der Waals surface area contributed by atoms with Gasteiger partial charge in [0.15, 0.2) is 0 Å². The summed E-state index contributed by atoms with van der Waals surface area (Å²) in [6, 6.07) is 6.02. The van der Waals surface area contributed by atoms with Crippen LogP contribution in [0.1, 0.15) is 26.0 Å². The van der Waals surface area contributed by atoms with Crippen LogP contribution < -0.4 is 0 Å². The van der Waals surface area contributed by atoms with Crippen molar-refractivity contribution in [1.29, 1.82) is 0 Å². The van der Waals surface area contributed by atoms with Crippen LogP contribution in [0.2, 0.25) is 0 Å². The van der Waals surface area contributed by atoms with Crippen LogP contribution in [0, 0.1) is 0 Å². The first-order valence-electron chi connectivity index (χ1n) is 4.92. The van der Waals surface area contributed by atoms with Crippen molar-refractivity contribution in [1.82, 2.24) is 4.98 Å². The number of aliphatic imine (C=N–C) groups is 1. The van der Waals surface area contributed by atoms with Gasteiger partial charge in [0.25, 0.3) is 0 Å². The molecule has 1 aliphatic rings. The number of hydrogen-bond acceptors (Lipinski definition) is 3. The molecule has 1 aromatic heterocycles. The van der Waals surface area contributed by atoms with Gasteiger partial charge >= 0.3 is 0 Å². The standard InChI is InChI=1S/C11H13BrN2S/c1-8-14-11(2,6-7-15-8)9-4-3-5-10(12)13-9/h3-5H,6-7H2,1-2H3/t11-/m0/s1. The zero-order valence-corrected chi connectivity index (χ0v) is 11.2. The van der Waals surface area contributed by atoms with Gasteiger partial charge in [-0.25, -0.2) is 4.98 Å². The summed E-state index contributed by atoms with van der Waals surface area (Å²) in [5.41, 5.74) is 0.913. The lowest BCUT2D eigenvalue weighted by atomic mass is 9.94. The summed E-state index contributed by atoms with van der Waals surface area (Å²) >= 11 is 5.23. The Morgan fingerprint density at radius 2 is 2.27 bits per heavy atom. The van der Waals surface area contributed by atoms with Crippen molar-refractivity contribution in [2.45, 2.75) is 25.8 Å². The van der Waals surface area contributed by atoms with Crippen molar-refractivity contribution in [2.24, 2.45) is 4.99 Å². The molecule has 1 aromatic rings. The zero-order chi connectivity index (χ0) is 10.9. The summed E-state index contributed by atoms with van der Waals surface area (Å²) in [4.78, 5) is 9.23. The van der Waals surface area contributed by atoms with E-state index in [1.807, 2.05) is 23.9 Å². The Labute approximate surface area is 103 Å². The van der Waals surface area contributed by atoms with Crippen LogP contribution in [-0.4, -0.2) is 15.8 Å². The summed E-state index contributed by atoms with van der Waals surface area (Å²) < 4.78 is 0.882. The van der Waals surface area contributed by atoms with E-state index < -0.39 is 0 Å². The molecular formula is C11H13BrN2S. The van der Waals surface area contributed by atoms with Crippen molar-refractivity contribution in [3.05, 3.63) is 28.5 Å². The second-order valence-electron chi connectivity index (χ2n) is 3.85. The quantitative estimate of drug-likeness (QED) is 0.736. The maximum Gasteiger partial charge on any atom is 0.106 e. The third-order valence-corrected chi connectivity index (χ3v) is 3.93. The van der Waals surface area contributed by atoms with Crippen molar-refractivity contribution >= 4 is 32.7 Å². The van der Waals surface area contributed by atoms with E-state index in [1.54, 1.807) is 0 Å². The molecular weight excluding hydrogens is 272 g/mol. The van der Waals surface area contributed by atoms with E-state index in [9.17, 15) is 0 Å². The van der Waals surface area contributed by atoms with Gasteiger partial charge in [0.1, 0.15) is 10.1 Å². The first-order chi connectivity index (χ1) is 7.10. The third kappa shape index (κ3) is 2.42. The highest BCUT2D eigenvalue weighted by atomic mass is 79.9. The molecule has 0 unspecified atom stereocenters. The van der Waals surface area contributed by atoms with Crippen molar-refractivity contribution in [2.75, 3.05) is 5.75 Å². The molecule has 0 spiro atoms. The first-order valence-corrected chi connectivity index (χ1v) is 6.70. The molecule has 2 heterocycles. The second-order valence-corrected chi connectivity index (χ2v) is 5.95. The maximum absolute atomic E-state index is 4.72. The molecule has 0 bridgehead atoms. The summed E-state index contributed by atoms with van der Waals surface area (Å²) in [6.45, 7) is 4.23. The molecule has 0 fully saturated rings. The lowest BCUT2D eigenvalue weighted by molar-refractivity contribution is 0.466. The van der Waals surface area contributed by atoms with Gasteiger partial charge in [0.2, 0.25) is 0 Å². The fourth-order valence-corrected chi connectivity index (χ4v) is 3.13. The molecule has 0 radical (unpaired) electrons. The average molecular weight is 285 g/mol. The number of nitrogens with zero attached hydrogens (tertiary/aromatic N) is 2. The van der Waals surface area contributed by atoms with Crippen molar-refractivity contribution < 1.29 is 0 Å². The molecule has 80 valence electrons. The molecule has 1 atom stereocenters. The van der Waals surface area contributed by atoms with Crippen LogP contribution in [0.25, 0.3) is 0 Å². The SMILES string of the molecule is CC1=N[C@](C)(c2cccc(Br)n2)CCS1. The number of rotatable bonds is 1. The lowest BCUT2D eigenvalue weighted by Crippen LogP contribution is -2.26. The Kier molecular flexibility index (Phi) is 3.16. The van der Waals surface area contributed by atoms with Gasteiger partial charge in [0, 0.05) is 5.75 Å². The minimum Gasteiger partial charge on any atom is -0.270 e. The van der Waals surface area contributed by atoms with E-state index in [0.717, 1.165) is 27.5 Å². The molecule has 4 heteroatoms. The normalized spacial score (nSPS) is 26.2. The Bertz CT molecular complexity index is 405. The van der Waals surface area contributed by atoms with Gasteiger partial charge in [-0.05, 0) is 48.3 Å². The topological polar surface area (TPSA) is 25.2 Å². The number of hydrogen-bond donors (Lipinski definition) is 0. The molecule has 0 aliphatic carbocycles. The Balaban J connectivity index is 2.41. The molecule has 0 aromatic carbocycles. The summed E-state index contributed by atoms with van der Waals surface area (Å²) in [5.74, 6) is 1.13. The van der Waals surface area contributed by atoms with E-state index in [4.69, 9.17) is 4.99 Å². The average Bonchev–Trinajstić information content (AvgIpc) is 2.17. The van der Waals surface area contributed by atoms with Crippen LogP contribution in [0.15, 0.2) is 27.8 Å². The number of aromatic nitrogens is 1. The fraction of sp³-hybridized carbons (Fsp3) is 0.455. The predicted octanol–water partition coefficient (Wildman–Crippen LogP) is 3.61. The second kappa shape index (κ2) is 4.26. The largest absolute Gasteiger partial charge is 0.270 e. The lowest BCUT2D eigenvalue weighted by Gasteiger charge is -2.29. The van der Waals surface area contributed by atoms with Crippen molar-refractivity contribution in [3.63, 3.8) is 0 Å². The van der Waals surface area contributed by atoms with Gasteiger partial charge < -0.3 is 0 Å². The number of thioether (sulfide) groups is 1. The molecule has 2 rings (SSSR count). The zero-order valence-electron chi connectivity index (χ0n) is 8.83. The molecule has 0 saturated heterocycles. The van der Waals surface area contributed by atoms with E-state index in [2.05, 4.69) is 40.8 Å².